The van der Waals surface area contributed by atoms with Gasteiger partial charge in [-0.1, -0.05) is 18.2 Å². The van der Waals surface area contributed by atoms with Crippen LogP contribution in [0.1, 0.15) is 17.1 Å². The van der Waals surface area contributed by atoms with Gasteiger partial charge >= 0.3 is 6.09 Å². The Hall–Kier alpha value is -3.72. The van der Waals surface area contributed by atoms with Crippen molar-refractivity contribution in [3.8, 4) is 0 Å². The van der Waals surface area contributed by atoms with Gasteiger partial charge in [-0.05, 0) is 36.4 Å². The van der Waals surface area contributed by atoms with Gasteiger partial charge < -0.3 is 16.6 Å². The number of nitrogens with zero attached hydrogens (tertiary/aromatic N) is 4. The highest BCUT2D eigenvalue weighted by atomic mass is 16.4. The first-order chi connectivity index (χ1) is 13.5. The molecule has 3 aromatic rings. The maximum atomic E-state index is 10.8. The molecule has 0 aliphatic carbocycles. The van der Waals surface area contributed by atoms with Crippen molar-refractivity contribution in [2.75, 3.05) is 16.8 Å². The van der Waals surface area contributed by atoms with E-state index in [1.165, 1.54) is 0 Å². The molecule has 144 valence electrons. The number of hydrogen-bond donors (Lipinski definition) is 4. The first-order valence-corrected chi connectivity index (χ1v) is 8.59. The smallest absolute Gasteiger partial charge is 0.410 e. The lowest BCUT2D eigenvalue weighted by Crippen LogP contribution is -2.24. The van der Waals surface area contributed by atoms with Crippen LogP contribution >= 0.6 is 0 Å². The highest BCUT2D eigenvalue weighted by Crippen LogP contribution is 2.14. The number of amides is 1. The number of rotatable bonds is 7. The van der Waals surface area contributed by atoms with Crippen molar-refractivity contribution < 1.29 is 9.90 Å². The summed E-state index contributed by atoms with van der Waals surface area (Å²) in [5.74, 6) is 1.17. The topological polar surface area (TPSA) is 143 Å². The molecule has 3 heterocycles. The van der Waals surface area contributed by atoms with Crippen LogP contribution in [-0.2, 0) is 19.6 Å². The molecule has 9 nitrogen and oxygen atoms in total. The summed E-state index contributed by atoms with van der Waals surface area (Å²) < 4.78 is 0. The normalized spacial score (nSPS) is 10.8. The van der Waals surface area contributed by atoms with Gasteiger partial charge in [0.05, 0.1) is 17.1 Å². The molecule has 0 aliphatic rings. The van der Waals surface area contributed by atoms with E-state index in [0.717, 1.165) is 11.4 Å². The van der Waals surface area contributed by atoms with Gasteiger partial charge in [-0.25, -0.2) is 19.7 Å². The second-order valence-electron chi connectivity index (χ2n) is 6.20. The summed E-state index contributed by atoms with van der Waals surface area (Å²) in [5.41, 5.74) is 13.9. The molecule has 9 heteroatoms. The van der Waals surface area contributed by atoms with Gasteiger partial charge in [-0.3, -0.25) is 10.2 Å². The number of carboxylic acid groups (broad SMARTS) is 1. The van der Waals surface area contributed by atoms with E-state index in [1.807, 2.05) is 30.3 Å². The van der Waals surface area contributed by atoms with Crippen LogP contribution in [0.4, 0.5) is 22.2 Å². The minimum atomic E-state index is -1.16. The Bertz CT molecular complexity index is 917. The summed E-state index contributed by atoms with van der Waals surface area (Å²) >= 11 is 0. The fraction of sp³-hybridized carbons (Fsp3) is 0.158. The molecule has 0 bridgehead atoms. The van der Waals surface area contributed by atoms with E-state index in [9.17, 15) is 4.79 Å². The van der Waals surface area contributed by atoms with Crippen molar-refractivity contribution >= 4 is 23.5 Å². The number of carbonyl (C=O) groups is 1. The summed E-state index contributed by atoms with van der Waals surface area (Å²) in [4.78, 5) is 26.0. The quantitative estimate of drug-likeness (QED) is 0.490. The molecule has 0 unspecified atom stereocenters. The van der Waals surface area contributed by atoms with E-state index in [0.29, 0.717) is 37.0 Å². The molecule has 0 saturated carbocycles. The molecule has 6 N–H and O–H groups in total. The fourth-order valence-electron chi connectivity index (χ4n) is 2.77. The highest BCUT2D eigenvalue weighted by Gasteiger charge is 2.12. The Morgan fingerprint density at radius 3 is 1.75 bits per heavy atom. The first-order valence-electron chi connectivity index (χ1n) is 8.59. The number of nitrogen functional groups attached to an aromatic ring is 2. The van der Waals surface area contributed by atoms with Crippen LogP contribution in [0.15, 0.2) is 54.6 Å². The lowest BCUT2D eigenvalue weighted by atomic mass is 10.2. The Kier molecular flexibility index (Phi) is 5.97. The van der Waals surface area contributed by atoms with Crippen molar-refractivity contribution in [1.82, 2.24) is 19.9 Å². The van der Waals surface area contributed by atoms with Crippen LogP contribution in [0.3, 0.4) is 0 Å². The number of pyridine rings is 3. The van der Waals surface area contributed by atoms with Crippen LogP contribution < -0.4 is 16.8 Å². The second kappa shape index (κ2) is 8.78. The van der Waals surface area contributed by atoms with E-state index < -0.39 is 6.09 Å². The number of nitrogens with one attached hydrogen (secondary N) is 1. The van der Waals surface area contributed by atoms with Gasteiger partial charge in [0, 0.05) is 19.6 Å². The van der Waals surface area contributed by atoms with Crippen molar-refractivity contribution in [1.29, 1.82) is 0 Å². The lowest BCUT2D eigenvalue weighted by Gasteiger charge is -2.22. The molecule has 0 spiro atoms. The van der Waals surface area contributed by atoms with Gasteiger partial charge in [0.15, 0.2) is 0 Å². The average Bonchev–Trinajstić information content (AvgIpc) is 2.61. The molecule has 0 aliphatic heterocycles. The zero-order valence-corrected chi connectivity index (χ0v) is 15.1. The minimum absolute atomic E-state index is 0.272. The number of aromatic nitrogens is 3. The summed E-state index contributed by atoms with van der Waals surface area (Å²) in [6.07, 6.45) is -1.16. The van der Waals surface area contributed by atoms with E-state index in [2.05, 4.69) is 25.2 Å². The van der Waals surface area contributed by atoms with Crippen LogP contribution in [0, 0.1) is 0 Å². The van der Waals surface area contributed by atoms with Crippen LogP contribution in [0.2, 0.25) is 0 Å². The van der Waals surface area contributed by atoms with Gasteiger partial charge in [0.1, 0.15) is 17.5 Å². The molecule has 0 atom stereocenters. The van der Waals surface area contributed by atoms with Gasteiger partial charge in [-0.15, -0.1) is 0 Å². The molecule has 0 saturated heterocycles. The third-order valence-corrected chi connectivity index (χ3v) is 3.86. The third-order valence-electron chi connectivity index (χ3n) is 3.86. The average molecular weight is 379 g/mol. The largest absolute Gasteiger partial charge is 0.465 e. The Morgan fingerprint density at radius 2 is 1.29 bits per heavy atom. The number of nitrogens with two attached hydrogens (primary N) is 2. The third kappa shape index (κ3) is 5.64. The molecule has 3 rings (SSSR count). The zero-order chi connectivity index (χ0) is 19.9. The lowest BCUT2D eigenvalue weighted by molar-refractivity contribution is 0.209. The minimum Gasteiger partial charge on any atom is -0.465 e. The first kappa shape index (κ1) is 19.1. The monoisotopic (exact) mass is 379 g/mol. The predicted octanol–water partition coefficient (Wildman–Crippen LogP) is 2.33. The maximum Gasteiger partial charge on any atom is 0.410 e. The van der Waals surface area contributed by atoms with Crippen LogP contribution in [0.25, 0.3) is 0 Å². The van der Waals surface area contributed by atoms with E-state index in [4.69, 9.17) is 16.6 Å². The van der Waals surface area contributed by atoms with Gasteiger partial charge in [0.2, 0.25) is 0 Å². The fourth-order valence-corrected chi connectivity index (χ4v) is 2.77. The van der Waals surface area contributed by atoms with E-state index >= 15 is 0 Å². The molecule has 28 heavy (non-hydrogen) atoms. The molecule has 0 radical (unpaired) electrons. The number of anilines is 3. The van der Waals surface area contributed by atoms with Crippen molar-refractivity contribution in [3.05, 3.63) is 71.7 Å². The van der Waals surface area contributed by atoms with Crippen molar-refractivity contribution in [3.63, 3.8) is 0 Å². The number of hydrogen-bond acceptors (Lipinski definition) is 7. The Balaban J connectivity index is 1.81. The second-order valence-corrected chi connectivity index (χ2v) is 6.20. The van der Waals surface area contributed by atoms with Crippen molar-refractivity contribution in [2.24, 2.45) is 0 Å². The molecular formula is C19H21N7O2. The molecule has 0 aromatic carbocycles. The van der Waals surface area contributed by atoms with Crippen LogP contribution in [0.5, 0.6) is 0 Å². The molecule has 3 aromatic heterocycles. The van der Waals surface area contributed by atoms with E-state index in [1.54, 1.807) is 24.3 Å². The summed E-state index contributed by atoms with van der Waals surface area (Å²) in [6.45, 7) is 1.49. The standard InChI is InChI=1S/C19H21N7O2/c20-16-7-1-4-13(22-16)10-26(11-14-5-2-8-17(21)23-14)12-15-6-3-9-18(24-15)25-19(27)28/h1-9H,10-12H2,(H2,20,22)(H2,21,23)(H,24,25)(H,27,28). The summed E-state index contributed by atoms with van der Waals surface area (Å²) in [5, 5.41) is 11.1. The molecular weight excluding hydrogens is 358 g/mol. The van der Waals surface area contributed by atoms with Gasteiger partial charge in [0.25, 0.3) is 0 Å². The molecule has 0 fully saturated rings. The summed E-state index contributed by atoms with van der Waals surface area (Å²) in [7, 11) is 0. The van der Waals surface area contributed by atoms with Crippen LogP contribution in [-0.4, -0.2) is 31.1 Å². The predicted molar refractivity (Wildman–Crippen MR) is 106 cm³/mol. The maximum absolute atomic E-state index is 10.8. The van der Waals surface area contributed by atoms with E-state index in [-0.39, 0.29) is 5.82 Å². The SMILES string of the molecule is Nc1cccc(CN(Cc2cccc(N)n2)Cc2cccc(NC(=O)O)n2)n1. The zero-order valence-electron chi connectivity index (χ0n) is 15.1. The Labute approximate surface area is 162 Å². The van der Waals surface area contributed by atoms with Crippen molar-refractivity contribution in [2.45, 2.75) is 19.6 Å². The highest BCUT2D eigenvalue weighted by molar-refractivity contribution is 5.81. The van der Waals surface area contributed by atoms with Gasteiger partial charge in [-0.2, -0.15) is 0 Å². The summed E-state index contributed by atoms with van der Waals surface area (Å²) in [6, 6.07) is 16.1. The molecule has 1 amide bonds. The Morgan fingerprint density at radius 1 is 0.821 bits per heavy atom.